The van der Waals surface area contributed by atoms with E-state index in [4.69, 9.17) is 9.15 Å². The number of hydrogen-bond acceptors (Lipinski definition) is 3. The number of allylic oxidation sites excluding steroid dienone is 4. The average Bonchev–Trinajstić information content (AvgIpc) is 2.96. The first kappa shape index (κ1) is 19.8. The molecule has 0 fully saturated rings. The van der Waals surface area contributed by atoms with E-state index in [0.717, 1.165) is 30.6 Å². The van der Waals surface area contributed by atoms with Crippen molar-refractivity contribution in [3.63, 3.8) is 0 Å². The molecule has 4 nitrogen and oxygen atoms in total. The summed E-state index contributed by atoms with van der Waals surface area (Å²) in [5.41, 5.74) is 7.19. The predicted molar refractivity (Wildman–Crippen MR) is 123 cm³/mol. The van der Waals surface area contributed by atoms with Gasteiger partial charge in [0.2, 0.25) is 5.43 Å². The van der Waals surface area contributed by atoms with Gasteiger partial charge in [0.25, 0.3) is 0 Å². The Morgan fingerprint density at radius 1 is 1.10 bits per heavy atom. The lowest BCUT2D eigenvalue weighted by Gasteiger charge is -2.21. The summed E-state index contributed by atoms with van der Waals surface area (Å²) in [6.07, 6.45) is 7.53. The molecule has 2 aliphatic carbocycles. The van der Waals surface area contributed by atoms with Crippen molar-refractivity contribution in [3.05, 3.63) is 87.4 Å². The number of rotatable bonds is 2. The zero-order valence-corrected chi connectivity index (χ0v) is 18.5. The molecule has 0 spiro atoms. The van der Waals surface area contributed by atoms with E-state index in [1.807, 2.05) is 0 Å². The van der Waals surface area contributed by atoms with Crippen LogP contribution in [-0.4, -0.2) is 14.2 Å². The Kier molecular flexibility index (Phi) is 4.63. The maximum absolute atomic E-state index is 12.2. The van der Waals surface area contributed by atoms with E-state index >= 15 is 0 Å². The standard InChI is InChI=1S/C27H27NO3/c1-27(2)20-10-5-6-11-21(20)28(3)25(27)13-12-17-8-7-9-18-14-19-15-24(30-4)22(29)16-23(19)31-26(17)18/h5-6,10-16H,7-9H2,1-4H3/p+1. The number of hydrogen-bond donors (Lipinski definition) is 1. The molecule has 5 rings (SSSR count). The van der Waals surface area contributed by atoms with Crippen LogP contribution in [0, 0.1) is 0 Å². The largest absolute Gasteiger partial charge is 0.493 e. The minimum atomic E-state index is -0.155. The van der Waals surface area contributed by atoms with Crippen LogP contribution in [0.4, 0.5) is 5.69 Å². The maximum atomic E-state index is 12.2. The van der Waals surface area contributed by atoms with Crippen LogP contribution >= 0.6 is 0 Å². The third-order valence-corrected chi connectivity index (χ3v) is 6.85. The van der Waals surface area contributed by atoms with Gasteiger partial charge < -0.3 is 9.15 Å². The van der Waals surface area contributed by atoms with Crippen molar-refractivity contribution in [2.24, 2.45) is 0 Å². The third kappa shape index (κ3) is 3.14. The molecule has 1 unspecified atom stereocenters. The Balaban J connectivity index is 1.59. The van der Waals surface area contributed by atoms with Gasteiger partial charge in [-0.05, 0) is 74.6 Å². The van der Waals surface area contributed by atoms with Gasteiger partial charge in [-0.15, -0.1) is 0 Å². The molecule has 0 saturated carbocycles. The summed E-state index contributed by atoms with van der Waals surface area (Å²) >= 11 is 0. The smallest absolute Gasteiger partial charge is 0.224 e. The molecule has 158 valence electrons. The van der Waals surface area contributed by atoms with Gasteiger partial charge in [0.05, 0.1) is 19.6 Å². The molecule has 31 heavy (non-hydrogen) atoms. The first-order valence-corrected chi connectivity index (χ1v) is 10.9. The summed E-state index contributed by atoms with van der Waals surface area (Å²) in [6, 6.07) is 14.1. The van der Waals surface area contributed by atoms with E-state index < -0.39 is 0 Å². The van der Waals surface area contributed by atoms with Gasteiger partial charge in [-0.25, -0.2) is 0 Å². The Morgan fingerprint density at radius 2 is 1.90 bits per heavy atom. The SMILES string of the molecule is COc1cc2cc3c(oc-2cc1=O)C(=CC=C1[NH+](C)c2ccccc2C1(C)C)CCC3. The number of aryl methyl sites for hydroxylation is 1. The lowest BCUT2D eigenvalue weighted by Crippen LogP contribution is -3.01. The molecule has 1 N–H and O–H groups in total. The van der Waals surface area contributed by atoms with Crippen LogP contribution in [0.2, 0.25) is 0 Å². The highest BCUT2D eigenvalue weighted by molar-refractivity contribution is 5.72. The third-order valence-electron chi connectivity index (χ3n) is 6.85. The fourth-order valence-corrected chi connectivity index (χ4v) is 5.18. The topological polar surface area (TPSA) is 43.9 Å². The molecule has 0 amide bonds. The van der Waals surface area contributed by atoms with E-state index in [1.54, 1.807) is 6.07 Å². The first-order chi connectivity index (χ1) is 14.9. The van der Waals surface area contributed by atoms with Crippen molar-refractivity contribution in [1.29, 1.82) is 0 Å². The summed E-state index contributed by atoms with van der Waals surface area (Å²) in [6.45, 7) is 4.59. The van der Waals surface area contributed by atoms with Gasteiger partial charge in [0.1, 0.15) is 22.9 Å². The molecule has 1 aromatic carbocycles. The minimum Gasteiger partial charge on any atom is -0.493 e. The highest BCUT2D eigenvalue weighted by Gasteiger charge is 2.43. The molecule has 1 atom stereocenters. The van der Waals surface area contributed by atoms with Gasteiger partial charge >= 0.3 is 0 Å². The van der Waals surface area contributed by atoms with Crippen molar-refractivity contribution in [3.8, 4) is 17.1 Å². The lowest BCUT2D eigenvalue weighted by molar-refractivity contribution is -0.764. The van der Waals surface area contributed by atoms with E-state index in [9.17, 15) is 4.79 Å². The summed E-state index contributed by atoms with van der Waals surface area (Å²) in [5.74, 6) is 1.88. The molecule has 1 aromatic rings. The number of likely N-dealkylation sites (N-methyl/N-ethyl adjacent to an activating group) is 1. The fourth-order valence-electron chi connectivity index (χ4n) is 5.18. The quantitative estimate of drug-likeness (QED) is 0.672. The van der Waals surface area contributed by atoms with Gasteiger partial charge in [-0.3, -0.25) is 9.69 Å². The second kappa shape index (κ2) is 7.24. The second-order valence-electron chi connectivity index (χ2n) is 9.06. The summed E-state index contributed by atoms with van der Waals surface area (Å²) in [7, 11) is 3.74. The summed E-state index contributed by atoms with van der Waals surface area (Å²) in [5, 5.41) is 0. The molecular weight excluding hydrogens is 386 g/mol. The maximum Gasteiger partial charge on any atom is 0.224 e. The molecule has 0 bridgehead atoms. The molecule has 4 aliphatic rings. The second-order valence-corrected chi connectivity index (χ2v) is 9.06. The number of fused-ring (bicyclic) bond motifs is 3. The van der Waals surface area contributed by atoms with Crippen LogP contribution < -0.4 is 15.1 Å². The Morgan fingerprint density at radius 3 is 2.68 bits per heavy atom. The zero-order chi connectivity index (χ0) is 21.8. The predicted octanol–water partition coefficient (Wildman–Crippen LogP) is 4.49. The van der Waals surface area contributed by atoms with Crippen molar-refractivity contribution in [1.82, 2.24) is 0 Å². The Bertz CT molecular complexity index is 1260. The number of quaternary nitrogens is 1. The van der Waals surface area contributed by atoms with E-state index in [1.165, 1.54) is 46.2 Å². The monoisotopic (exact) mass is 414 g/mol. The highest BCUT2D eigenvalue weighted by atomic mass is 16.5. The number of methoxy groups -OCH3 is 1. The Hall–Kier alpha value is -3.11. The van der Waals surface area contributed by atoms with Crippen LogP contribution in [0.1, 0.15) is 43.6 Å². The van der Waals surface area contributed by atoms with Gasteiger partial charge in [0.15, 0.2) is 5.75 Å². The van der Waals surface area contributed by atoms with Crippen molar-refractivity contribution < 1.29 is 14.1 Å². The van der Waals surface area contributed by atoms with Crippen LogP contribution in [0.3, 0.4) is 0 Å². The van der Waals surface area contributed by atoms with Crippen molar-refractivity contribution >= 4 is 11.3 Å². The van der Waals surface area contributed by atoms with Crippen molar-refractivity contribution in [2.45, 2.75) is 38.5 Å². The molecule has 0 aromatic heterocycles. The van der Waals surface area contributed by atoms with Gasteiger partial charge in [-0.2, -0.15) is 0 Å². The summed E-state index contributed by atoms with van der Waals surface area (Å²) < 4.78 is 11.5. The minimum absolute atomic E-state index is 0.0240. The number of benzene rings is 2. The number of para-hydroxylation sites is 1. The van der Waals surface area contributed by atoms with E-state index in [2.05, 4.69) is 63.4 Å². The van der Waals surface area contributed by atoms with E-state index in [-0.39, 0.29) is 10.8 Å². The number of ether oxygens (including phenoxy) is 1. The molecule has 2 aliphatic heterocycles. The van der Waals surface area contributed by atoms with Crippen LogP contribution in [0.5, 0.6) is 5.75 Å². The van der Waals surface area contributed by atoms with E-state index in [0.29, 0.717) is 11.5 Å². The fraction of sp³-hybridized carbons (Fsp3) is 0.296. The zero-order valence-electron chi connectivity index (χ0n) is 18.5. The lowest BCUT2D eigenvalue weighted by atomic mass is 9.83. The first-order valence-electron chi connectivity index (χ1n) is 10.9. The van der Waals surface area contributed by atoms with Crippen molar-refractivity contribution in [2.75, 3.05) is 14.2 Å². The number of nitrogens with one attached hydrogen (secondary N) is 1. The molecule has 0 radical (unpaired) electrons. The average molecular weight is 415 g/mol. The molecule has 2 heterocycles. The van der Waals surface area contributed by atoms with Crippen LogP contribution in [0.15, 0.2) is 69.5 Å². The van der Waals surface area contributed by atoms with Crippen LogP contribution in [0.25, 0.3) is 16.9 Å². The van der Waals surface area contributed by atoms with Crippen LogP contribution in [-0.2, 0) is 11.8 Å². The summed E-state index contributed by atoms with van der Waals surface area (Å²) in [4.78, 5) is 13.6. The Labute approximate surface area is 182 Å². The van der Waals surface area contributed by atoms with Gasteiger partial charge in [-0.1, -0.05) is 18.2 Å². The molecular formula is C27H28NO3+. The van der Waals surface area contributed by atoms with Gasteiger partial charge in [0, 0.05) is 17.2 Å². The normalized spacial score (nSPS) is 22.0. The highest BCUT2D eigenvalue weighted by Crippen LogP contribution is 2.39. The molecule has 4 heteroatoms. The molecule has 0 saturated heterocycles.